The zero-order valence-electron chi connectivity index (χ0n) is 9.89. The molecule has 0 N–H and O–H groups in total. The van der Waals surface area contributed by atoms with Gasteiger partial charge in [0.15, 0.2) is 6.29 Å². The van der Waals surface area contributed by atoms with Gasteiger partial charge in [0.1, 0.15) is 17.6 Å². The van der Waals surface area contributed by atoms with Crippen LogP contribution in [0.25, 0.3) is 0 Å². The lowest BCUT2D eigenvalue weighted by molar-refractivity contribution is 0.111. The predicted molar refractivity (Wildman–Crippen MR) is 65.8 cm³/mol. The number of benzene rings is 1. The average Bonchev–Trinajstić information content (AvgIpc) is 2.40. The van der Waals surface area contributed by atoms with E-state index in [1.807, 2.05) is 0 Å². The fourth-order valence-electron chi connectivity index (χ4n) is 1.90. The fraction of sp³-hybridized carbons (Fsp3) is 0.357. The molecule has 0 saturated heterocycles. The first-order chi connectivity index (χ1) is 8.33. The molecule has 0 aromatic heterocycles. The minimum absolute atomic E-state index is 0.0795. The molecule has 90 valence electrons. The van der Waals surface area contributed by atoms with E-state index in [1.165, 1.54) is 0 Å². The van der Waals surface area contributed by atoms with E-state index >= 15 is 0 Å². The molecule has 0 saturated carbocycles. The van der Waals surface area contributed by atoms with Crippen LogP contribution in [0.4, 0.5) is 0 Å². The highest BCUT2D eigenvalue weighted by molar-refractivity contribution is 5.80. The molecule has 3 heteroatoms. The lowest BCUT2D eigenvalue weighted by Gasteiger charge is -2.19. The Morgan fingerprint density at radius 1 is 1.41 bits per heavy atom. The first-order valence-electron chi connectivity index (χ1n) is 5.80. The first-order valence-corrected chi connectivity index (χ1v) is 5.80. The van der Waals surface area contributed by atoms with Crippen LogP contribution in [0.15, 0.2) is 30.4 Å². The number of carbonyl (C=O) groups excluding carboxylic acids is 1. The van der Waals surface area contributed by atoms with E-state index in [0.29, 0.717) is 17.1 Å². The molecule has 1 aromatic rings. The second-order valence-electron chi connectivity index (χ2n) is 4.04. The van der Waals surface area contributed by atoms with Crippen molar-refractivity contribution in [3.05, 3.63) is 35.9 Å². The van der Waals surface area contributed by atoms with Gasteiger partial charge >= 0.3 is 0 Å². The Hall–Kier alpha value is -1.77. The van der Waals surface area contributed by atoms with Gasteiger partial charge in [0, 0.05) is 0 Å². The summed E-state index contributed by atoms with van der Waals surface area (Å²) in [6.45, 7) is 0. The van der Waals surface area contributed by atoms with Crippen LogP contribution in [-0.2, 0) is 0 Å². The smallest absolute Gasteiger partial charge is 0.153 e. The Morgan fingerprint density at radius 2 is 2.29 bits per heavy atom. The SMILES string of the molecule is COc1ccc(OC2C=CCCC2)c(C=O)c1. The molecule has 0 radical (unpaired) electrons. The lowest BCUT2D eigenvalue weighted by Crippen LogP contribution is -2.16. The van der Waals surface area contributed by atoms with Gasteiger partial charge in [-0.25, -0.2) is 0 Å². The van der Waals surface area contributed by atoms with Crippen molar-refractivity contribution in [3.63, 3.8) is 0 Å². The van der Waals surface area contributed by atoms with Crippen LogP contribution in [0.1, 0.15) is 29.6 Å². The molecular weight excluding hydrogens is 216 g/mol. The van der Waals surface area contributed by atoms with Gasteiger partial charge < -0.3 is 9.47 Å². The van der Waals surface area contributed by atoms with E-state index in [1.54, 1.807) is 25.3 Å². The molecule has 3 nitrogen and oxygen atoms in total. The molecule has 0 spiro atoms. The van der Waals surface area contributed by atoms with Crippen molar-refractivity contribution in [1.29, 1.82) is 0 Å². The van der Waals surface area contributed by atoms with Crippen molar-refractivity contribution in [1.82, 2.24) is 0 Å². The minimum Gasteiger partial charge on any atom is -0.497 e. The average molecular weight is 232 g/mol. The number of allylic oxidation sites excluding steroid dienone is 1. The number of rotatable bonds is 4. The third-order valence-corrected chi connectivity index (χ3v) is 2.83. The molecule has 17 heavy (non-hydrogen) atoms. The number of hydrogen-bond donors (Lipinski definition) is 0. The molecule has 1 aliphatic rings. The van der Waals surface area contributed by atoms with E-state index in [4.69, 9.17) is 9.47 Å². The standard InChI is InChI=1S/C14H16O3/c1-16-13-7-8-14(11(9-13)10-15)17-12-5-3-2-4-6-12/h3,5,7-10,12H,2,4,6H2,1H3. The van der Waals surface area contributed by atoms with Crippen LogP contribution >= 0.6 is 0 Å². The maximum Gasteiger partial charge on any atom is 0.153 e. The summed E-state index contributed by atoms with van der Waals surface area (Å²) < 4.78 is 10.9. The summed E-state index contributed by atoms with van der Waals surface area (Å²) in [6.07, 6.45) is 8.30. The summed E-state index contributed by atoms with van der Waals surface area (Å²) in [6, 6.07) is 5.27. The van der Waals surface area contributed by atoms with Crippen molar-refractivity contribution in [2.75, 3.05) is 7.11 Å². The quantitative estimate of drug-likeness (QED) is 0.591. The maximum absolute atomic E-state index is 11.0. The highest BCUT2D eigenvalue weighted by atomic mass is 16.5. The number of methoxy groups -OCH3 is 1. The van der Waals surface area contributed by atoms with Gasteiger partial charge in [0.2, 0.25) is 0 Å². The summed E-state index contributed by atoms with van der Waals surface area (Å²) in [5, 5.41) is 0. The molecular formula is C14H16O3. The first kappa shape index (κ1) is 11.7. The molecule has 0 bridgehead atoms. The van der Waals surface area contributed by atoms with Gasteiger partial charge in [0.05, 0.1) is 12.7 Å². The zero-order chi connectivity index (χ0) is 12.1. The Bertz CT molecular complexity index is 423. The topological polar surface area (TPSA) is 35.5 Å². The van der Waals surface area contributed by atoms with Crippen LogP contribution in [-0.4, -0.2) is 19.5 Å². The molecule has 1 unspecified atom stereocenters. The molecule has 1 aliphatic carbocycles. The highest BCUT2D eigenvalue weighted by Gasteiger charge is 2.12. The van der Waals surface area contributed by atoms with E-state index in [2.05, 4.69) is 12.2 Å². The van der Waals surface area contributed by atoms with Gasteiger partial charge in [-0.05, 0) is 43.5 Å². The number of hydrogen-bond acceptors (Lipinski definition) is 3. The summed E-state index contributed by atoms with van der Waals surface area (Å²) in [4.78, 5) is 11.0. The largest absolute Gasteiger partial charge is 0.497 e. The summed E-state index contributed by atoms with van der Waals surface area (Å²) in [5.74, 6) is 1.29. The van der Waals surface area contributed by atoms with Gasteiger partial charge in [-0.15, -0.1) is 0 Å². The Kier molecular flexibility index (Phi) is 3.81. The third-order valence-electron chi connectivity index (χ3n) is 2.83. The van der Waals surface area contributed by atoms with Crippen molar-refractivity contribution in [2.45, 2.75) is 25.4 Å². The van der Waals surface area contributed by atoms with E-state index in [9.17, 15) is 4.79 Å². The Balaban J connectivity index is 2.16. The summed E-state index contributed by atoms with van der Waals surface area (Å²) in [5.41, 5.74) is 0.531. The monoisotopic (exact) mass is 232 g/mol. The summed E-state index contributed by atoms with van der Waals surface area (Å²) in [7, 11) is 1.58. The van der Waals surface area contributed by atoms with E-state index < -0.39 is 0 Å². The predicted octanol–water partition coefficient (Wildman–Crippen LogP) is 3.00. The Labute approximate surface area is 101 Å². The third kappa shape index (κ3) is 2.87. The second-order valence-corrected chi connectivity index (χ2v) is 4.04. The van der Waals surface area contributed by atoms with Crippen molar-refractivity contribution in [3.8, 4) is 11.5 Å². The molecule has 1 aromatic carbocycles. The fourth-order valence-corrected chi connectivity index (χ4v) is 1.90. The normalized spacial score (nSPS) is 18.8. The second kappa shape index (κ2) is 5.53. The van der Waals surface area contributed by atoms with Crippen molar-refractivity contribution < 1.29 is 14.3 Å². The summed E-state index contributed by atoms with van der Waals surface area (Å²) >= 11 is 0. The zero-order valence-corrected chi connectivity index (χ0v) is 9.89. The van der Waals surface area contributed by atoms with E-state index in [0.717, 1.165) is 25.5 Å². The van der Waals surface area contributed by atoms with Gasteiger partial charge in [0.25, 0.3) is 0 Å². The minimum atomic E-state index is 0.0795. The lowest BCUT2D eigenvalue weighted by atomic mass is 10.1. The number of aldehydes is 1. The van der Waals surface area contributed by atoms with Crippen LogP contribution < -0.4 is 9.47 Å². The maximum atomic E-state index is 11.0. The number of carbonyl (C=O) groups is 1. The van der Waals surface area contributed by atoms with Gasteiger partial charge in [-0.1, -0.05) is 6.08 Å². The molecule has 0 amide bonds. The Morgan fingerprint density at radius 3 is 2.94 bits per heavy atom. The molecule has 2 rings (SSSR count). The van der Waals surface area contributed by atoms with Crippen LogP contribution in [0, 0.1) is 0 Å². The molecule has 0 aliphatic heterocycles. The number of ether oxygens (including phenoxy) is 2. The molecule has 0 fully saturated rings. The van der Waals surface area contributed by atoms with E-state index in [-0.39, 0.29) is 6.10 Å². The van der Waals surface area contributed by atoms with Gasteiger partial charge in [-0.3, -0.25) is 4.79 Å². The van der Waals surface area contributed by atoms with Crippen LogP contribution in [0.2, 0.25) is 0 Å². The van der Waals surface area contributed by atoms with Crippen molar-refractivity contribution in [2.24, 2.45) is 0 Å². The molecule has 0 heterocycles. The molecule has 1 atom stereocenters. The highest BCUT2D eigenvalue weighted by Crippen LogP contribution is 2.25. The van der Waals surface area contributed by atoms with Gasteiger partial charge in [-0.2, -0.15) is 0 Å². The van der Waals surface area contributed by atoms with Crippen LogP contribution in [0.5, 0.6) is 11.5 Å². The van der Waals surface area contributed by atoms with Crippen LogP contribution in [0.3, 0.4) is 0 Å². The van der Waals surface area contributed by atoms with Crippen molar-refractivity contribution >= 4 is 6.29 Å².